The summed E-state index contributed by atoms with van der Waals surface area (Å²) in [5, 5.41) is 0. The fourth-order valence-electron chi connectivity index (χ4n) is 5.98. The number of fused-ring (bicyclic) bond motifs is 1. The first-order valence-corrected chi connectivity index (χ1v) is 8.84. The molecular formula is C19H23N3O. The molecule has 4 aliphatic carbocycles. The zero-order valence-electron chi connectivity index (χ0n) is 13.6. The van der Waals surface area contributed by atoms with Gasteiger partial charge in [-0.2, -0.15) is 0 Å². The molecule has 0 radical (unpaired) electrons. The second-order valence-electron chi connectivity index (χ2n) is 8.17. The minimum absolute atomic E-state index is 0.0769. The number of nitrogens with zero attached hydrogens (tertiary/aromatic N) is 2. The summed E-state index contributed by atoms with van der Waals surface area (Å²) in [6.07, 6.45) is 9.18. The number of amides is 1. The molecule has 2 aromatic rings. The van der Waals surface area contributed by atoms with E-state index in [2.05, 4.69) is 9.97 Å². The van der Waals surface area contributed by atoms with E-state index < -0.39 is 0 Å². The summed E-state index contributed by atoms with van der Waals surface area (Å²) in [7, 11) is 1.94. The number of nitrogens with one attached hydrogen (secondary N) is 1. The maximum atomic E-state index is 13.4. The third kappa shape index (κ3) is 1.97. The Morgan fingerprint density at radius 3 is 2.48 bits per heavy atom. The molecule has 6 rings (SSSR count). The van der Waals surface area contributed by atoms with E-state index in [-0.39, 0.29) is 5.41 Å². The third-order valence-corrected chi connectivity index (χ3v) is 6.59. The Bertz CT molecular complexity index is 742. The van der Waals surface area contributed by atoms with Gasteiger partial charge in [0.1, 0.15) is 0 Å². The molecule has 1 N–H and O–H groups in total. The lowest BCUT2D eigenvalue weighted by Gasteiger charge is -2.56. The van der Waals surface area contributed by atoms with E-state index in [1.165, 1.54) is 19.3 Å². The predicted octanol–water partition coefficient (Wildman–Crippen LogP) is 3.74. The van der Waals surface area contributed by atoms with E-state index >= 15 is 0 Å². The zero-order valence-corrected chi connectivity index (χ0v) is 13.6. The molecular weight excluding hydrogens is 286 g/mol. The zero-order chi connectivity index (χ0) is 15.6. The van der Waals surface area contributed by atoms with Crippen molar-refractivity contribution in [2.24, 2.45) is 23.2 Å². The van der Waals surface area contributed by atoms with Crippen LogP contribution in [0.3, 0.4) is 0 Å². The monoisotopic (exact) mass is 309 g/mol. The third-order valence-electron chi connectivity index (χ3n) is 6.59. The number of aromatic nitrogens is 2. The van der Waals surface area contributed by atoms with E-state index in [9.17, 15) is 4.79 Å². The first-order valence-electron chi connectivity index (χ1n) is 8.84. The van der Waals surface area contributed by atoms with Crippen molar-refractivity contribution < 1.29 is 4.79 Å². The number of carbonyl (C=O) groups is 1. The Balaban J connectivity index is 1.47. The lowest BCUT2D eigenvalue weighted by atomic mass is 9.49. The van der Waals surface area contributed by atoms with Crippen molar-refractivity contribution in [1.82, 2.24) is 9.97 Å². The lowest BCUT2D eigenvalue weighted by molar-refractivity contribution is -0.143. The van der Waals surface area contributed by atoms with E-state index in [0.717, 1.165) is 53.7 Å². The molecule has 1 heterocycles. The fraction of sp³-hybridized carbons (Fsp3) is 0.579. The van der Waals surface area contributed by atoms with Crippen molar-refractivity contribution in [3.63, 3.8) is 0 Å². The highest BCUT2D eigenvalue weighted by Gasteiger charge is 2.55. The minimum Gasteiger partial charge on any atom is -0.345 e. The Morgan fingerprint density at radius 2 is 1.83 bits per heavy atom. The van der Waals surface area contributed by atoms with Crippen molar-refractivity contribution >= 4 is 22.6 Å². The maximum absolute atomic E-state index is 13.4. The number of carbonyl (C=O) groups excluding carboxylic acids is 1. The van der Waals surface area contributed by atoms with Crippen LogP contribution in [0.15, 0.2) is 24.5 Å². The van der Waals surface area contributed by atoms with Crippen LogP contribution >= 0.6 is 0 Å². The lowest BCUT2D eigenvalue weighted by Crippen LogP contribution is -2.54. The quantitative estimate of drug-likeness (QED) is 0.918. The molecule has 4 heteroatoms. The molecule has 0 atom stereocenters. The Kier molecular flexibility index (Phi) is 2.71. The number of rotatable bonds is 2. The van der Waals surface area contributed by atoms with Crippen LogP contribution in [0.5, 0.6) is 0 Å². The van der Waals surface area contributed by atoms with Crippen molar-refractivity contribution in [3.05, 3.63) is 24.5 Å². The first-order chi connectivity index (χ1) is 11.1. The minimum atomic E-state index is -0.0769. The van der Waals surface area contributed by atoms with Gasteiger partial charge < -0.3 is 9.88 Å². The van der Waals surface area contributed by atoms with Crippen LogP contribution in [-0.2, 0) is 4.79 Å². The van der Waals surface area contributed by atoms with E-state index in [1.54, 1.807) is 6.33 Å². The Hall–Kier alpha value is -1.84. The van der Waals surface area contributed by atoms with Gasteiger partial charge >= 0.3 is 0 Å². The van der Waals surface area contributed by atoms with Gasteiger partial charge in [0.25, 0.3) is 0 Å². The SMILES string of the molecule is CN(C(=O)C12CC3CC(CC(C3)C1)C2)c1ccc2nc[nH]c2c1. The molecule has 4 nitrogen and oxygen atoms in total. The van der Waals surface area contributed by atoms with Gasteiger partial charge in [-0.05, 0) is 74.5 Å². The molecule has 120 valence electrons. The van der Waals surface area contributed by atoms with Gasteiger partial charge in [-0.15, -0.1) is 0 Å². The summed E-state index contributed by atoms with van der Waals surface area (Å²) in [4.78, 5) is 22.7. The smallest absolute Gasteiger partial charge is 0.232 e. The van der Waals surface area contributed by atoms with Gasteiger partial charge in [0.2, 0.25) is 5.91 Å². The highest BCUT2D eigenvalue weighted by Crippen LogP contribution is 2.60. The normalized spacial score (nSPS) is 34.9. The molecule has 4 fully saturated rings. The van der Waals surface area contributed by atoms with Crippen LogP contribution < -0.4 is 4.90 Å². The highest BCUT2D eigenvalue weighted by molar-refractivity contribution is 5.98. The van der Waals surface area contributed by atoms with Gasteiger partial charge in [-0.3, -0.25) is 4.79 Å². The van der Waals surface area contributed by atoms with Crippen molar-refractivity contribution in [1.29, 1.82) is 0 Å². The van der Waals surface area contributed by atoms with Crippen LogP contribution in [-0.4, -0.2) is 22.9 Å². The number of H-pyrrole nitrogens is 1. The largest absolute Gasteiger partial charge is 0.345 e. The molecule has 0 spiro atoms. The summed E-state index contributed by atoms with van der Waals surface area (Å²) in [6, 6.07) is 6.05. The molecule has 1 amide bonds. The number of hydrogen-bond donors (Lipinski definition) is 1. The van der Waals surface area contributed by atoms with Gasteiger partial charge in [0.15, 0.2) is 0 Å². The van der Waals surface area contributed by atoms with Crippen molar-refractivity contribution in [2.45, 2.75) is 38.5 Å². The number of imidazole rings is 1. The highest BCUT2D eigenvalue weighted by atomic mass is 16.2. The van der Waals surface area contributed by atoms with Crippen LogP contribution in [0.25, 0.3) is 11.0 Å². The van der Waals surface area contributed by atoms with Gasteiger partial charge in [0.05, 0.1) is 22.8 Å². The molecule has 0 saturated heterocycles. The second-order valence-corrected chi connectivity index (χ2v) is 8.17. The van der Waals surface area contributed by atoms with Crippen LogP contribution in [0.2, 0.25) is 0 Å². The van der Waals surface area contributed by atoms with Crippen LogP contribution in [0.4, 0.5) is 5.69 Å². The number of benzene rings is 1. The average Bonchev–Trinajstić information content (AvgIpc) is 2.99. The molecule has 4 bridgehead atoms. The maximum Gasteiger partial charge on any atom is 0.232 e. The van der Waals surface area contributed by atoms with Gasteiger partial charge in [0, 0.05) is 12.7 Å². The summed E-state index contributed by atoms with van der Waals surface area (Å²) < 4.78 is 0. The van der Waals surface area contributed by atoms with Gasteiger partial charge in [-0.1, -0.05) is 0 Å². The molecule has 1 aromatic carbocycles. The Morgan fingerprint density at radius 1 is 1.17 bits per heavy atom. The number of aromatic amines is 1. The summed E-state index contributed by atoms with van der Waals surface area (Å²) >= 11 is 0. The first kappa shape index (κ1) is 13.6. The predicted molar refractivity (Wildman–Crippen MR) is 90.1 cm³/mol. The topological polar surface area (TPSA) is 49.0 Å². The average molecular weight is 309 g/mol. The van der Waals surface area contributed by atoms with Crippen LogP contribution in [0, 0.1) is 23.2 Å². The van der Waals surface area contributed by atoms with Crippen molar-refractivity contribution in [3.8, 4) is 0 Å². The number of hydrogen-bond acceptors (Lipinski definition) is 2. The molecule has 1 aromatic heterocycles. The van der Waals surface area contributed by atoms with E-state index in [1.807, 2.05) is 30.1 Å². The molecule has 4 aliphatic rings. The fourth-order valence-corrected chi connectivity index (χ4v) is 5.98. The van der Waals surface area contributed by atoms with E-state index in [4.69, 9.17) is 0 Å². The second kappa shape index (κ2) is 4.59. The van der Waals surface area contributed by atoms with Crippen LogP contribution in [0.1, 0.15) is 38.5 Å². The van der Waals surface area contributed by atoms with Crippen molar-refractivity contribution in [2.75, 3.05) is 11.9 Å². The standard InChI is InChI=1S/C19H23N3O/c1-22(15-2-3-16-17(7-15)21-11-20-16)18(23)19-8-12-4-13(9-19)6-14(5-12)10-19/h2-3,7,11-14H,4-6,8-10H2,1H3,(H,20,21). The molecule has 0 aliphatic heterocycles. The van der Waals surface area contributed by atoms with E-state index in [0.29, 0.717) is 5.91 Å². The summed E-state index contributed by atoms with van der Waals surface area (Å²) in [5.41, 5.74) is 2.84. The Labute approximate surface area is 136 Å². The van der Waals surface area contributed by atoms with Gasteiger partial charge in [-0.25, -0.2) is 4.98 Å². The summed E-state index contributed by atoms with van der Waals surface area (Å²) in [5.74, 6) is 2.74. The number of anilines is 1. The molecule has 0 unspecified atom stereocenters. The molecule has 23 heavy (non-hydrogen) atoms. The molecule has 4 saturated carbocycles. The summed E-state index contributed by atoms with van der Waals surface area (Å²) in [6.45, 7) is 0.